The maximum atomic E-state index is 5.58. The Labute approximate surface area is 147 Å². The molecule has 2 aliphatic rings. The Bertz CT molecular complexity index is 975. The molecule has 5 rings (SSSR count). The van der Waals surface area contributed by atoms with E-state index in [9.17, 15) is 0 Å². The van der Waals surface area contributed by atoms with Gasteiger partial charge in [0.15, 0.2) is 11.5 Å². The van der Waals surface area contributed by atoms with Crippen LogP contribution in [0.15, 0.2) is 36.4 Å². The molecule has 25 heavy (non-hydrogen) atoms. The monoisotopic (exact) mass is 334 g/mol. The summed E-state index contributed by atoms with van der Waals surface area (Å²) < 4.78 is 11.1. The summed E-state index contributed by atoms with van der Waals surface area (Å²) in [6, 6.07) is 12.9. The van der Waals surface area contributed by atoms with Crippen LogP contribution in [0.4, 0.5) is 0 Å². The molecule has 0 saturated heterocycles. The molecule has 0 amide bonds. The van der Waals surface area contributed by atoms with Gasteiger partial charge in [-0.2, -0.15) is 0 Å². The smallest absolute Gasteiger partial charge is 0.161 e. The molecule has 1 aliphatic heterocycles. The third-order valence-corrected chi connectivity index (χ3v) is 5.88. The highest BCUT2D eigenvalue weighted by molar-refractivity contribution is 5.86. The van der Waals surface area contributed by atoms with Gasteiger partial charge in [0, 0.05) is 23.1 Å². The Hall–Kier alpha value is -2.46. The maximum absolute atomic E-state index is 5.58. The van der Waals surface area contributed by atoms with Gasteiger partial charge < -0.3 is 19.8 Å². The van der Waals surface area contributed by atoms with Crippen LogP contribution in [0, 0.1) is 0 Å². The van der Waals surface area contributed by atoms with Crippen molar-refractivity contribution >= 4 is 10.9 Å². The Morgan fingerprint density at radius 2 is 1.80 bits per heavy atom. The van der Waals surface area contributed by atoms with Crippen LogP contribution in [0.3, 0.4) is 0 Å². The SMILES string of the molecule is COc1cc2c(cc1OC)C1(CC2)NCCc2c1[nH]c1ccccc21. The van der Waals surface area contributed by atoms with E-state index in [4.69, 9.17) is 9.47 Å². The number of ether oxygens (including phenoxy) is 2. The lowest BCUT2D eigenvalue weighted by Gasteiger charge is -2.36. The van der Waals surface area contributed by atoms with Gasteiger partial charge in [-0.25, -0.2) is 0 Å². The van der Waals surface area contributed by atoms with Gasteiger partial charge in [-0.15, -0.1) is 0 Å². The highest BCUT2D eigenvalue weighted by Crippen LogP contribution is 2.49. The summed E-state index contributed by atoms with van der Waals surface area (Å²) in [6.07, 6.45) is 3.15. The first-order valence-corrected chi connectivity index (χ1v) is 8.87. The summed E-state index contributed by atoms with van der Waals surface area (Å²) in [6.45, 7) is 0.989. The number of benzene rings is 2. The number of aromatic nitrogens is 1. The summed E-state index contributed by atoms with van der Waals surface area (Å²) in [7, 11) is 3.40. The van der Waals surface area contributed by atoms with Crippen LogP contribution in [-0.4, -0.2) is 25.7 Å². The van der Waals surface area contributed by atoms with Crippen molar-refractivity contribution in [1.82, 2.24) is 10.3 Å². The summed E-state index contributed by atoms with van der Waals surface area (Å²) >= 11 is 0. The number of methoxy groups -OCH3 is 2. The lowest BCUT2D eigenvalue weighted by molar-refractivity contribution is 0.349. The highest BCUT2D eigenvalue weighted by atomic mass is 16.5. The molecule has 2 N–H and O–H groups in total. The normalized spacial score (nSPS) is 21.4. The summed E-state index contributed by atoms with van der Waals surface area (Å²) in [5.74, 6) is 1.61. The van der Waals surface area contributed by atoms with Gasteiger partial charge in [-0.3, -0.25) is 0 Å². The standard InChI is InChI=1S/C21H22N2O2/c1-24-18-11-13-7-9-21(16(13)12-19(18)25-2)20-15(8-10-22-21)14-5-3-4-6-17(14)23-20/h3-6,11-12,22-23H,7-10H2,1-2H3. The van der Waals surface area contributed by atoms with E-state index in [2.05, 4.69) is 46.7 Å². The molecule has 0 saturated carbocycles. The van der Waals surface area contributed by atoms with E-state index in [1.54, 1.807) is 14.2 Å². The van der Waals surface area contributed by atoms with Crippen LogP contribution in [0.25, 0.3) is 10.9 Å². The molecule has 3 aromatic rings. The maximum Gasteiger partial charge on any atom is 0.161 e. The number of nitrogens with one attached hydrogen (secondary N) is 2. The van der Waals surface area contributed by atoms with E-state index < -0.39 is 0 Å². The number of hydrogen-bond acceptors (Lipinski definition) is 3. The molecule has 0 bridgehead atoms. The lowest BCUT2D eigenvalue weighted by Crippen LogP contribution is -2.46. The topological polar surface area (TPSA) is 46.3 Å². The number of para-hydroxylation sites is 1. The van der Waals surface area contributed by atoms with Gasteiger partial charge in [-0.05, 0) is 54.2 Å². The van der Waals surface area contributed by atoms with E-state index >= 15 is 0 Å². The highest BCUT2D eigenvalue weighted by Gasteiger charge is 2.45. The number of rotatable bonds is 2. The fourth-order valence-electron chi connectivity index (χ4n) is 4.74. The minimum absolute atomic E-state index is 0.151. The Morgan fingerprint density at radius 1 is 1.00 bits per heavy atom. The number of aromatic amines is 1. The first-order chi connectivity index (χ1) is 12.3. The first-order valence-electron chi connectivity index (χ1n) is 8.87. The van der Waals surface area contributed by atoms with Crippen molar-refractivity contribution in [2.75, 3.05) is 20.8 Å². The molecule has 2 heterocycles. The van der Waals surface area contributed by atoms with Crippen molar-refractivity contribution in [2.24, 2.45) is 0 Å². The summed E-state index contributed by atoms with van der Waals surface area (Å²) in [5.41, 5.74) is 6.52. The van der Waals surface area contributed by atoms with Gasteiger partial charge in [0.2, 0.25) is 0 Å². The number of fused-ring (bicyclic) bond motifs is 6. The van der Waals surface area contributed by atoms with E-state index in [0.29, 0.717) is 0 Å². The fourth-order valence-corrected chi connectivity index (χ4v) is 4.74. The molecule has 1 aromatic heterocycles. The average Bonchev–Trinajstić information content (AvgIpc) is 3.21. The van der Waals surface area contributed by atoms with Crippen LogP contribution < -0.4 is 14.8 Å². The second-order valence-electron chi connectivity index (χ2n) is 6.97. The molecule has 1 aliphatic carbocycles. The van der Waals surface area contributed by atoms with Crippen LogP contribution in [0.2, 0.25) is 0 Å². The zero-order valence-corrected chi connectivity index (χ0v) is 14.6. The molecular formula is C21H22N2O2. The van der Waals surface area contributed by atoms with Gasteiger partial charge >= 0.3 is 0 Å². The van der Waals surface area contributed by atoms with E-state index in [0.717, 1.165) is 37.3 Å². The van der Waals surface area contributed by atoms with Gasteiger partial charge in [0.1, 0.15) is 0 Å². The van der Waals surface area contributed by atoms with Crippen molar-refractivity contribution in [1.29, 1.82) is 0 Å². The Balaban J connectivity index is 1.76. The quantitative estimate of drug-likeness (QED) is 0.754. The average molecular weight is 334 g/mol. The van der Waals surface area contributed by atoms with Crippen LogP contribution in [0.5, 0.6) is 11.5 Å². The van der Waals surface area contributed by atoms with Crippen LogP contribution >= 0.6 is 0 Å². The van der Waals surface area contributed by atoms with Crippen LogP contribution in [-0.2, 0) is 18.4 Å². The molecule has 0 fully saturated rings. The zero-order chi connectivity index (χ0) is 17.0. The molecule has 1 atom stereocenters. The summed E-state index contributed by atoms with van der Waals surface area (Å²) in [4.78, 5) is 3.72. The van der Waals surface area contributed by atoms with E-state index in [1.165, 1.54) is 33.3 Å². The van der Waals surface area contributed by atoms with Crippen molar-refractivity contribution < 1.29 is 9.47 Å². The molecule has 4 heteroatoms. The van der Waals surface area contributed by atoms with Crippen molar-refractivity contribution in [2.45, 2.75) is 24.8 Å². The van der Waals surface area contributed by atoms with Gasteiger partial charge in [-0.1, -0.05) is 18.2 Å². The second kappa shape index (κ2) is 5.27. The molecule has 128 valence electrons. The van der Waals surface area contributed by atoms with Crippen molar-refractivity contribution in [3.8, 4) is 11.5 Å². The van der Waals surface area contributed by atoms with Crippen molar-refractivity contribution in [3.63, 3.8) is 0 Å². The fraction of sp³-hybridized carbons (Fsp3) is 0.333. The molecule has 4 nitrogen and oxygen atoms in total. The molecule has 1 spiro atoms. The zero-order valence-electron chi connectivity index (χ0n) is 14.6. The van der Waals surface area contributed by atoms with E-state index in [-0.39, 0.29) is 5.54 Å². The second-order valence-corrected chi connectivity index (χ2v) is 6.97. The number of H-pyrrole nitrogens is 1. The number of hydrogen-bond donors (Lipinski definition) is 2. The predicted octanol–water partition coefficient (Wildman–Crippen LogP) is 3.52. The molecular weight excluding hydrogens is 312 g/mol. The number of aryl methyl sites for hydroxylation is 1. The van der Waals surface area contributed by atoms with Crippen LogP contribution in [0.1, 0.15) is 28.8 Å². The Kier molecular flexibility index (Phi) is 3.13. The van der Waals surface area contributed by atoms with Gasteiger partial charge in [0.05, 0.1) is 19.8 Å². The largest absolute Gasteiger partial charge is 0.493 e. The minimum Gasteiger partial charge on any atom is -0.493 e. The first kappa shape index (κ1) is 14.8. The molecule has 1 unspecified atom stereocenters. The third-order valence-electron chi connectivity index (χ3n) is 5.88. The summed E-state index contributed by atoms with van der Waals surface area (Å²) in [5, 5.41) is 5.18. The van der Waals surface area contributed by atoms with Crippen molar-refractivity contribution in [3.05, 3.63) is 58.8 Å². The molecule has 0 radical (unpaired) electrons. The van der Waals surface area contributed by atoms with Gasteiger partial charge in [0.25, 0.3) is 0 Å². The minimum atomic E-state index is -0.151. The Morgan fingerprint density at radius 3 is 2.64 bits per heavy atom. The van der Waals surface area contributed by atoms with E-state index in [1.807, 2.05) is 0 Å². The predicted molar refractivity (Wildman–Crippen MR) is 98.7 cm³/mol. The lowest BCUT2D eigenvalue weighted by atomic mass is 9.82. The third kappa shape index (κ3) is 1.91. The molecule has 2 aromatic carbocycles.